The summed E-state index contributed by atoms with van der Waals surface area (Å²) in [5.41, 5.74) is 0.837. The molecule has 1 aromatic carbocycles. The zero-order valence-corrected chi connectivity index (χ0v) is 17.4. The molecule has 0 bridgehead atoms. The van der Waals surface area contributed by atoms with Crippen molar-refractivity contribution in [2.75, 3.05) is 24.5 Å². The van der Waals surface area contributed by atoms with E-state index in [4.69, 9.17) is 4.74 Å². The van der Waals surface area contributed by atoms with Gasteiger partial charge in [0.2, 0.25) is 5.91 Å². The van der Waals surface area contributed by atoms with E-state index in [2.05, 4.69) is 5.32 Å². The Morgan fingerprint density at radius 3 is 2.41 bits per heavy atom. The quantitative estimate of drug-likeness (QED) is 0.766. The van der Waals surface area contributed by atoms with Gasteiger partial charge in [0.05, 0.1) is 12.2 Å². The molecule has 1 saturated heterocycles. The number of hydrogen-bond acceptors (Lipinski definition) is 3. The number of nitrogens with one attached hydrogen (secondary N) is 1. The van der Waals surface area contributed by atoms with Gasteiger partial charge in [-0.25, -0.2) is 4.79 Å². The zero-order valence-electron chi connectivity index (χ0n) is 17.4. The van der Waals surface area contributed by atoms with Crippen LogP contribution in [0.5, 0.6) is 5.75 Å². The smallest absolute Gasteiger partial charge is 0.324 e. The van der Waals surface area contributed by atoms with Crippen LogP contribution in [0.2, 0.25) is 0 Å². The first-order chi connectivity index (χ1) is 14.1. The van der Waals surface area contributed by atoms with Gasteiger partial charge in [-0.15, -0.1) is 0 Å². The largest absolute Gasteiger partial charge is 0.487 e. The van der Waals surface area contributed by atoms with Crippen LogP contribution in [-0.4, -0.2) is 48.6 Å². The Labute approximate surface area is 173 Å². The molecule has 0 unspecified atom stereocenters. The predicted molar refractivity (Wildman–Crippen MR) is 113 cm³/mol. The van der Waals surface area contributed by atoms with Gasteiger partial charge in [0.25, 0.3) is 0 Å². The number of carbonyl (C=O) groups excluding carboxylic acids is 2. The standard InChI is InChI=1S/C23H33N3O3/c1-17-16-26(20-10-6-7-11-21(20)29-17)23(28)25-14-12-18(13-15-25)22(27)24-19-8-4-2-3-5-9-19/h6-7,10-11,17-19H,2-5,8-9,12-16H2,1H3,(H,24,27)/t17-/m0/s1. The van der Waals surface area contributed by atoms with Crippen LogP contribution >= 0.6 is 0 Å². The van der Waals surface area contributed by atoms with Crippen LogP contribution in [0.1, 0.15) is 58.3 Å². The molecule has 1 atom stereocenters. The van der Waals surface area contributed by atoms with Crippen LogP contribution in [0, 0.1) is 5.92 Å². The number of piperidine rings is 1. The van der Waals surface area contributed by atoms with Gasteiger partial charge in [-0.2, -0.15) is 0 Å². The molecule has 0 radical (unpaired) electrons. The fraction of sp³-hybridized carbons (Fsp3) is 0.652. The third-order valence-corrected chi connectivity index (χ3v) is 6.49. The lowest BCUT2D eigenvalue weighted by molar-refractivity contribution is -0.127. The van der Waals surface area contributed by atoms with Crippen LogP contribution in [0.3, 0.4) is 0 Å². The van der Waals surface area contributed by atoms with Gasteiger partial charge in [-0.05, 0) is 44.7 Å². The van der Waals surface area contributed by atoms with Crippen molar-refractivity contribution in [3.63, 3.8) is 0 Å². The summed E-state index contributed by atoms with van der Waals surface area (Å²) in [5.74, 6) is 0.977. The van der Waals surface area contributed by atoms with Crippen LogP contribution in [0.15, 0.2) is 24.3 Å². The lowest BCUT2D eigenvalue weighted by Crippen LogP contribution is -2.52. The lowest BCUT2D eigenvalue weighted by atomic mass is 9.95. The van der Waals surface area contributed by atoms with Crippen molar-refractivity contribution < 1.29 is 14.3 Å². The van der Waals surface area contributed by atoms with Crippen LogP contribution in [0.4, 0.5) is 10.5 Å². The summed E-state index contributed by atoms with van der Waals surface area (Å²) in [4.78, 5) is 29.6. The molecule has 0 aromatic heterocycles. The highest BCUT2D eigenvalue weighted by Gasteiger charge is 2.34. The van der Waals surface area contributed by atoms with E-state index >= 15 is 0 Å². The maximum Gasteiger partial charge on any atom is 0.324 e. The maximum atomic E-state index is 13.2. The van der Waals surface area contributed by atoms with Crippen molar-refractivity contribution in [1.82, 2.24) is 10.2 Å². The molecule has 1 aromatic rings. The Morgan fingerprint density at radius 1 is 1.00 bits per heavy atom. The number of anilines is 1. The van der Waals surface area contributed by atoms with Gasteiger partial charge in [-0.1, -0.05) is 37.8 Å². The van der Waals surface area contributed by atoms with Crippen molar-refractivity contribution in [2.45, 2.75) is 70.4 Å². The van der Waals surface area contributed by atoms with E-state index in [9.17, 15) is 9.59 Å². The van der Waals surface area contributed by atoms with E-state index < -0.39 is 0 Å². The highest BCUT2D eigenvalue weighted by Crippen LogP contribution is 2.34. The Balaban J connectivity index is 1.32. The molecule has 29 heavy (non-hydrogen) atoms. The number of ether oxygens (including phenoxy) is 1. The minimum Gasteiger partial charge on any atom is -0.487 e. The van der Waals surface area contributed by atoms with Crippen molar-refractivity contribution in [1.29, 1.82) is 0 Å². The predicted octanol–water partition coefficient (Wildman–Crippen LogP) is 3.94. The SMILES string of the molecule is C[C@H]1CN(C(=O)N2CCC(C(=O)NC3CCCCCC3)CC2)c2ccccc2O1. The molecule has 2 aliphatic heterocycles. The molecule has 158 valence electrons. The fourth-order valence-electron chi connectivity index (χ4n) is 4.82. The van der Waals surface area contributed by atoms with Crippen molar-refractivity contribution in [2.24, 2.45) is 5.92 Å². The van der Waals surface area contributed by atoms with Crippen molar-refractivity contribution in [3.8, 4) is 5.75 Å². The molecule has 1 saturated carbocycles. The lowest BCUT2D eigenvalue weighted by Gasteiger charge is -2.39. The molecule has 3 amide bonds. The molecular formula is C23H33N3O3. The van der Waals surface area contributed by atoms with E-state index in [1.54, 1.807) is 0 Å². The third kappa shape index (κ3) is 4.68. The van der Waals surface area contributed by atoms with E-state index in [-0.39, 0.29) is 24.0 Å². The number of nitrogens with zero attached hydrogens (tertiary/aromatic N) is 2. The van der Waals surface area contributed by atoms with Gasteiger partial charge in [-0.3, -0.25) is 9.69 Å². The minimum absolute atomic E-state index is 0.0234. The summed E-state index contributed by atoms with van der Waals surface area (Å²) < 4.78 is 5.86. The Bertz CT molecular complexity index is 722. The maximum absolute atomic E-state index is 13.2. The van der Waals surface area contributed by atoms with E-state index in [0.29, 0.717) is 25.7 Å². The topological polar surface area (TPSA) is 61.9 Å². The number of likely N-dealkylation sites (tertiary alicyclic amines) is 1. The molecule has 1 aliphatic carbocycles. The Morgan fingerprint density at radius 2 is 1.69 bits per heavy atom. The molecule has 3 aliphatic rings. The van der Waals surface area contributed by atoms with E-state index in [1.165, 1.54) is 25.7 Å². The summed E-state index contributed by atoms with van der Waals surface area (Å²) in [7, 11) is 0. The average molecular weight is 400 g/mol. The molecule has 6 heteroatoms. The van der Waals surface area contributed by atoms with Crippen LogP contribution in [-0.2, 0) is 4.79 Å². The summed E-state index contributed by atoms with van der Waals surface area (Å²) >= 11 is 0. The van der Waals surface area contributed by atoms with Crippen molar-refractivity contribution >= 4 is 17.6 Å². The number of carbonyl (C=O) groups is 2. The van der Waals surface area contributed by atoms with Gasteiger partial charge < -0.3 is 15.0 Å². The minimum atomic E-state index is -0.0308. The second-order valence-corrected chi connectivity index (χ2v) is 8.75. The highest BCUT2D eigenvalue weighted by atomic mass is 16.5. The normalized spacial score (nSPS) is 23.7. The highest BCUT2D eigenvalue weighted by molar-refractivity contribution is 5.94. The second kappa shape index (κ2) is 9.06. The summed E-state index contributed by atoms with van der Waals surface area (Å²) in [5, 5.41) is 3.29. The number of urea groups is 1. The zero-order chi connectivity index (χ0) is 20.2. The number of para-hydroxylation sites is 2. The van der Waals surface area contributed by atoms with Gasteiger partial charge in [0.15, 0.2) is 0 Å². The molecular weight excluding hydrogens is 366 g/mol. The average Bonchev–Trinajstić information content (AvgIpc) is 3.01. The second-order valence-electron chi connectivity index (χ2n) is 8.75. The first kappa shape index (κ1) is 20.0. The molecule has 2 heterocycles. The van der Waals surface area contributed by atoms with Gasteiger partial charge >= 0.3 is 6.03 Å². The number of fused-ring (bicyclic) bond motifs is 1. The number of rotatable bonds is 2. The monoisotopic (exact) mass is 399 g/mol. The number of hydrogen-bond donors (Lipinski definition) is 1. The molecule has 1 N–H and O–H groups in total. The summed E-state index contributed by atoms with van der Waals surface area (Å²) in [6.45, 7) is 3.81. The summed E-state index contributed by atoms with van der Waals surface area (Å²) in [6.07, 6.45) is 8.69. The summed E-state index contributed by atoms with van der Waals surface area (Å²) in [6, 6.07) is 8.08. The van der Waals surface area contributed by atoms with Crippen LogP contribution < -0.4 is 15.0 Å². The Hall–Kier alpha value is -2.24. The van der Waals surface area contributed by atoms with Gasteiger partial charge in [0.1, 0.15) is 11.9 Å². The van der Waals surface area contributed by atoms with Crippen molar-refractivity contribution in [3.05, 3.63) is 24.3 Å². The molecule has 0 spiro atoms. The van der Waals surface area contributed by atoms with E-state index in [0.717, 1.165) is 37.1 Å². The third-order valence-electron chi connectivity index (χ3n) is 6.49. The number of amides is 3. The fourth-order valence-corrected chi connectivity index (χ4v) is 4.82. The molecule has 6 nitrogen and oxygen atoms in total. The number of benzene rings is 1. The molecule has 2 fully saturated rings. The van der Waals surface area contributed by atoms with E-state index in [1.807, 2.05) is 41.0 Å². The van der Waals surface area contributed by atoms with Crippen LogP contribution in [0.25, 0.3) is 0 Å². The first-order valence-electron chi connectivity index (χ1n) is 11.2. The van der Waals surface area contributed by atoms with Gasteiger partial charge in [0, 0.05) is 25.0 Å². The first-order valence-corrected chi connectivity index (χ1v) is 11.2. The molecule has 4 rings (SSSR count). The Kier molecular flexibility index (Phi) is 6.26.